The van der Waals surface area contributed by atoms with Gasteiger partial charge in [-0.05, 0) is 44.7 Å². The van der Waals surface area contributed by atoms with Crippen molar-refractivity contribution < 1.29 is 5.11 Å². The molecule has 88 valence electrons. The molecule has 1 aliphatic carbocycles. The maximum atomic E-state index is 11.9. The van der Waals surface area contributed by atoms with Gasteiger partial charge >= 0.3 is 0 Å². The molecule has 0 aromatic carbocycles. The Kier molecular flexibility index (Phi) is 3.81. The molecule has 6 heteroatoms. The summed E-state index contributed by atoms with van der Waals surface area (Å²) in [6.45, 7) is 0. The highest BCUT2D eigenvalue weighted by atomic mass is 79.9. The molecule has 0 saturated heterocycles. The molecule has 0 radical (unpaired) electrons. The van der Waals surface area contributed by atoms with E-state index < -0.39 is 6.10 Å². The van der Waals surface area contributed by atoms with Gasteiger partial charge in [-0.15, -0.1) is 0 Å². The van der Waals surface area contributed by atoms with Crippen molar-refractivity contribution in [2.75, 3.05) is 0 Å². The second-order valence-electron chi connectivity index (χ2n) is 3.98. The second kappa shape index (κ2) is 4.98. The highest BCUT2D eigenvalue weighted by molar-refractivity contribution is 9.13. The molecule has 4 nitrogen and oxygen atoms in total. The zero-order chi connectivity index (χ0) is 11.7. The molecular formula is C10H12Br2N2O2. The summed E-state index contributed by atoms with van der Waals surface area (Å²) in [5.41, 5.74) is -0.194. The fourth-order valence-electron chi connectivity index (χ4n) is 2.04. The van der Waals surface area contributed by atoms with Gasteiger partial charge in [0.05, 0.1) is 22.8 Å². The molecule has 1 aromatic heterocycles. The minimum absolute atomic E-state index is 0.189. The van der Waals surface area contributed by atoms with Crippen LogP contribution in [0, 0.1) is 0 Å². The largest absolute Gasteiger partial charge is 0.391 e. The topological polar surface area (TPSA) is 55.1 Å². The van der Waals surface area contributed by atoms with Gasteiger partial charge in [0.2, 0.25) is 0 Å². The molecule has 2 rings (SSSR count). The lowest BCUT2D eigenvalue weighted by Crippen LogP contribution is -2.36. The van der Waals surface area contributed by atoms with Crippen molar-refractivity contribution in [2.24, 2.45) is 0 Å². The molecule has 2 atom stereocenters. The molecule has 1 aromatic rings. The van der Waals surface area contributed by atoms with Crippen LogP contribution in [0.5, 0.6) is 0 Å². The molecule has 2 unspecified atom stereocenters. The number of hydrogen-bond donors (Lipinski definition) is 1. The van der Waals surface area contributed by atoms with Gasteiger partial charge in [0.15, 0.2) is 0 Å². The van der Waals surface area contributed by atoms with Gasteiger partial charge in [0.25, 0.3) is 5.56 Å². The minimum Gasteiger partial charge on any atom is -0.391 e. The van der Waals surface area contributed by atoms with E-state index in [0.717, 1.165) is 25.7 Å². The van der Waals surface area contributed by atoms with E-state index in [-0.39, 0.29) is 11.6 Å². The zero-order valence-corrected chi connectivity index (χ0v) is 11.7. The van der Waals surface area contributed by atoms with E-state index in [2.05, 4.69) is 37.0 Å². The highest BCUT2D eigenvalue weighted by Crippen LogP contribution is 2.28. The number of aliphatic hydroxyl groups is 1. The van der Waals surface area contributed by atoms with E-state index in [9.17, 15) is 9.90 Å². The van der Waals surface area contributed by atoms with Crippen molar-refractivity contribution in [1.29, 1.82) is 0 Å². The molecule has 1 aliphatic rings. The van der Waals surface area contributed by atoms with Crippen molar-refractivity contribution in [3.63, 3.8) is 0 Å². The summed E-state index contributed by atoms with van der Waals surface area (Å²) in [6.07, 6.45) is 4.71. The number of aliphatic hydroxyl groups excluding tert-OH is 1. The van der Waals surface area contributed by atoms with Crippen molar-refractivity contribution in [3.8, 4) is 0 Å². The van der Waals surface area contributed by atoms with Crippen LogP contribution in [-0.4, -0.2) is 21.0 Å². The molecule has 0 bridgehead atoms. The fraction of sp³-hybridized carbons (Fsp3) is 0.600. The Bertz CT molecular complexity index is 447. The standard InChI is InChI=1S/C10H12Br2N2O2/c11-6-5-13-14(10(16)9(6)12)7-3-1-2-4-8(7)15/h5,7-8,15H,1-4H2. The van der Waals surface area contributed by atoms with Gasteiger partial charge < -0.3 is 5.11 Å². The molecule has 1 fully saturated rings. The van der Waals surface area contributed by atoms with Crippen molar-refractivity contribution in [1.82, 2.24) is 9.78 Å². The van der Waals surface area contributed by atoms with Crippen LogP contribution in [-0.2, 0) is 0 Å². The Hall–Kier alpha value is -0.200. The average Bonchev–Trinajstić information content (AvgIpc) is 2.28. The fourth-order valence-corrected chi connectivity index (χ4v) is 2.58. The lowest BCUT2D eigenvalue weighted by Gasteiger charge is -2.28. The molecule has 16 heavy (non-hydrogen) atoms. The first-order valence-electron chi connectivity index (χ1n) is 5.22. The lowest BCUT2D eigenvalue weighted by atomic mass is 9.93. The average molecular weight is 352 g/mol. The molecule has 0 amide bonds. The first-order chi connectivity index (χ1) is 7.61. The predicted octanol–water partition coefficient (Wildman–Crippen LogP) is 2.24. The van der Waals surface area contributed by atoms with Gasteiger partial charge in [-0.25, -0.2) is 4.68 Å². The van der Waals surface area contributed by atoms with Gasteiger partial charge in [0, 0.05) is 0 Å². The monoisotopic (exact) mass is 350 g/mol. The predicted molar refractivity (Wildman–Crippen MR) is 67.4 cm³/mol. The Morgan fingerprint density at radius 2 is 2.06 bits per heavy atom. The summed E-state index contributed by atoms with van der Waals surface area (Å²) >= 11 is 6.45. The van der Waals surface area contributed by atoms with Gasteiger partial charge in [-0.1, -0.05) is 12.8 Å². The van der Waals surface area contributed by atoms with E-state index in [1.807, 2.05) is 0 Å². The van der Waals surface area contributed by atoms with E-state index in [1.165, 1.54) is 4.68 Å². The van der Waals surface area contributed by atoms with E-state index in [4.69, 9.17) is 0 Å². The third kappa shape index (κ3) is 2.24. The second-order valence-corrected chi connectivity index (χ2v) is 5.62. The summed E-state index contributed by atoms with van der Waals surface area (Å²) in [7, 11) is 0. The molecule has 0 aliphatic heterocycles. The van der Waals surface area contributed by atoms with Crippen molar-refractivity contribution >= 4 is 31.9 Å². The van der Waals surface area contributed by atoms with Crippen LogP contribution >= 0.6 is 31.9 Å². The summed E-state index contributed by atoms with van der Waals surface area (Å²) in [5, 5.41) is 14.0. The van der Waals surface area contributed by atoms with Gasteiger partial charge in [-0.2, -0.15) is 5.10 Å². The summed E-state index contributed by atoms with van der Waals surface area (Å²) in [4.78, 5) is 11.9. The first-order valence-corrected chi connectivity index (χ1v) is 6.80. The molecular weight excluding hydrogens is 340 g/mol. The molecule has 1 N–H and O–H groups in total. The van der Waals surface area contributed by atoms with E-state index in [0.29, 0.717) is 8.95 Å². The molecule has 1 heterocycles. The smallest absolute Gasteiger partial charge is 0.282 e. The Morgan fingerprint density at radius 3 is 2.75 bits per heavy atom. The quantitative estimate of drug-likeness (QED) is 0.844. The van der Waals surface area contributed by atoms with Crippen molar-refractivity contribution in [3.05, 3.63) is 25.5 Å². The normalized spacial score (nSPS) is 25.7. The lowest BCUT2D eigenvalue weighted by molar-refractivity contribution is 0.0666. The van der Waals surface area contributed by atoms with E-state index in [1.54, 1.807) is 6.20 Å². The zero-order valence-electron chi connectivity index (χ0n) is 8.57. The van der Waals surface area contributed by atoms with Crippen LogP contribution in [0.2, 0.25) is 0 Å². The third-order valence-corrected chi connectivity index (χ3v) is 4.81. The third-order valence-electron chi connectivity index (χ3n) is 2.91. The number of halogens is 2. The summed E-state index contributed by atoms with van der Waals surface area (Å²) in [5.74, 6) is 0. The Balaban J connectivity index is 2.40. The SMILES string of the molecule is O=c1c(Br)c(Br)cnn1C1CCCCC1O. The minimum atomic E-state index is -0.466. The Morgan fingerprint density at radius 1 is 1.38 bits per heavy atom. The van der Waals surface area contributed by atoms with Crippen LogP contribution in [0.3, 0.4) is 0 Å². The van der Waals surface area contributed by atoms with Crippen LogP contribution in [0.25, 0.3) is 0 Å². The first kappa shape index (κ1) is 12.3. The van der Waals surface area contributed by atoms with Gasteiger partial charge in [0.1, 0.15) is 4.47 Å². The molecule has 0 spiro atoms. The summed E-state index contributed by atoms with van der Waals surface area (Å²) < 4.78 is 2.48. The number of rotatable bonds is 1. The number of nitrogens with zero attached hydrogens (tertiary/aromatic N) is 2. The van der Waals surface area contributed by atoms with Crippen LogP contribution in [0.1, 0.15) is 31.7 Å². The summed E-state index contributed by atoms with van der Waals surface area (Å²) in [6, 6.07) is -0.189. The molecule has 1 saturated carbocycles. The number of hydrogen-bond acceptors (Lipinski definition) is 3. The van der Waals surface area contributed by atoms with E-state index >= 15 is 0 Å². The van der Waals surface area contributed by atoms with Crippen LogP contribution < -0.4 is 5.56 Å². The van der Waals surface area contributed by atoms with Crippen LogP contribution in [0.4, 0.5) is 0 Å². The Labute approximate surface area is 110 Å². The maximum Gasteiger partial charge on any atom is 0.282 e. The highest BCUT2D eigenvalue weighted by Gasteiger charge is 2.26. The van der Waals surface area contributed by atoms with Crippen LogP contribution in [0.15, 0.2) is 19.9 Å². The number of aromatic nitrogens is 2. The maximum absolute atomic E-state index is 11.9. The van der Waals surface area contributed by atoms with Crippen molar-refractivity contribution in [2.45, 2.75) is 37.8 Å². The van der Waals surface area contributed by atoms with Gasteiger partial charge in [-0.3, -0.25) is 4.79 Å².